The molecule has 0 aliphatic rings. The number of amides is 1. The lowest BCUT2D eigenvalue weighted by atomic mass is 10.2. The fourth-order valence-corrected chi connectivity index (χ4v) is 2.11. The van der Waals surface area contributed by atoms with E-state index in [9.17, 15) is 13.6 Å². The van der Waals surface area contributed by atoms with Crippen LogP contribution in [0.1, 0.15) is 21.5 Å². The third-order valence-corrected chi connectivity index (χ3v) is 3.27. The average molecular weight is 329 g/mol. The summed E-state index contributed by atoms with van der Waals surface area (Å²) in [4.78, 5) is 19.6. The summed E-state index contributed by atoms with van der Waals surface area (Å²) in [5.41, 5.74) is 1.19. The van der Waals surface area contributed by atoms with Gasteiger partial charge in [0.25, 0.3) is 5.91 Å². The number of hydrogen-bond acceptors (Lipinski definition) is 4. The minimum atomic E-state index is -0.621. The number of carbonyl (C=O) groups excluding carboxylic acids is 1. The highest BCUT2D eigenvalue weighted by Gasteiger charge is 2.11. The number of benzene rings is 1. The Balaban J connectivity index is 1.69. The normalized spacial score (nSPS) is 10.6. The van der Waals surface area contributed by atoms with Crippen LogP contribution in [0.3, 0.4) is 0 Å². The van der Waals surface area contributed by atoms with Gasteiger partial charge in [-0.25, -0.2) is 19.0 Å². The number of pyridine rings is 1. The summed E-state index contributed by atoms with van der Waals surface area (Å²) >= 11 is 0. The third-order valence-electron chi connectivity index (χ3n) is 3.27. The zero-order chi connectivity index (χ0) is 17.1. The lowest BCUT2D eigenvalue weighted by Crippen LogP contribution is -2.14. The topological polar surface area (TPSA) is 72.7 Å². The maximum atomic E-state index is 13.2. The zero-order valence-electron chi connectivity index (χ0n) is 12.7. The number of anilines is 1. The highest BCUT2D eigenvalue weighted by atomic mass is 19.1. The van der Waals surface area contributed by atoms with Crippen molar-refractivity contribution in [1.82, 2.24) is 19.7 Å². The van der Waals surface area contributed by atoms with Crippen LogP contribution in [-0.4, -0.2) is 25.7 Å². The number of rotatable bonds is 4. The second-order valence-electron chi connectivity index (χ2n) is 5.18. The van der Waals surface area contributed by atoms with Crippen molar-refractivity contribution in [2.75, 3.05) is 5.32 Å². The Labute approximate surface area is 136 Å². The Morgan fingerprint density at radius 1 is 1.25 bits per heavy atom. The highest BCUT2D eigenvalue weighted by molar-refractivity contribution is 6.03. The van der Waals surface area contributed by atoms with Crippen molar-refractivity contribution in [2.45, 2.75) is 13.5 Å². The Morgan fingerprint density at radius 2 is 2.08 bits per heavy atom. The molecule has 8 heteroatoms. The average Bonchev–Trinajstić information content (AvgIpc) is 2.97. The standard InChI is InChI=1S/C16H13F2N5O/c1-10-5-12(7-19-14(10)18)15(24)21-16-20-9-23(22-16)8-11-3-2-4-13(17)6-11/h2-7,9H,8H2,1H3,(H,21,22,24). The molecule has 0 aliphatic heterocycles. The van der Waals surface area contributed by atoms with E-state index in [1.165, 1.54) is 36.1 Å². The van der Waals surface area contributed by atoms with Crippen LogP contribution in [0.5, 0.6) is 0 Å². The van der Waals surface area contributed by atoms with Gasteiger partial charge in [0.1, 0.15) is 12.1 Å². The van der Waals surface area contributed by atoms with Crippen LogP contribution in [0.2, 0.25) is 0 Å². The van der Waals surface area contributed by atoms with Crippen LogP contribution in [0.15, 0.2) is 42.9 Å². The minimum Gasteiger partial charge on any atom is -0.289 e. The van der Waals surface area contributed by atoms with E-state index in [4.69, 9.17) is 0 Å². The lowest BCUT2D eigenvalue weighted by Gasteiger charge is -2.03. The lowest BCUT2D eigenvalue weighted by molar-refractivity contribution is 0.102. The third kappa shape index (κ3) is 3.60. The number of nitrogens with zero attached hydrogens (tertiary/aromatic N) is 4. The molecule has 1 N–H and O–H groups in total. The first-order chi connectivity index (χ1) is 11.5. The molecule has 122 valence electrons. The molecule has 0 radical (unpaired) electrons. The summed E-state index contributed by atoms with van der Waals surface area (Å²) in [6.45, 7) is 1.84. The summed E-state index contributed by atoms with van der Waals surface area (Å²) < 4.78 is 27.8. The Kier molecular flexibility index (Phi) is 4.28. The van der Waals surface area contributed by atoms with Gasteiger partial charge in [-0.1, -0.05) is 12.1 Å². The Hall–Kier alpha value is -3.16. The molecule has 0 saturated carbocycles. The first kappa shape index (κ1) is 15.7. The van der Waals surface area contributed by atoms with E-state index in [2.05, 4.69) is 20.4 Å². The number of carbonyl (C=O) groups is 1. The number of nitrogens with one attached hydrogen (secondary N) is 1. The molecule has 6 nitrogen and oxygen atoms in total. The van der Waals surface area contributed by atoms with Crippen molar-refractivity contribution < 1.29 is 13.6 Å². The summed E-state index contributed by atoms with van der Waals surface area (Å²) in [7, 11) is 0. The van der Waals surface area contributed by atoms with Gasteiger partial charge in [0.15, 0.2) is 0 Å². The van der Waals surface area contributed by atoms with Gasteiger partial charge in [-0.05, 0) is 30.7 Å². The monoisotopic (exact) mass is 329 g/mol. The summed E-state index contributed by atoms with van der Waals surface area (Å²) in [6, 6.07) is 7.51. The van der Waals surface area contributed by atoms with Crippen LogP contribution in [0, 0.1) is 18.7 Å². The molecular formula is C16H13F2N5O. The van der Waals surface area contributed by atoms with Crippen LogP contribution < -0.4 is 5.32 Å². The van der Waals surface area contributed by atoms with E-state index in [1.54, 1.807) is 12.1 Å². The number of aryl methyl sites for hydroxylation is 1. The van der Waals surface area contributed by atoms with Crippen molar-refractivity contribution in [1.29, 1.82) is 0 Å². The summed E-state index contributed by atoms with van der Waals surface area (Å²) in [6.07, 6.45) is 2.57. The van der Waals surface area contributed by atoms with Crippen molar-refractivity contribution in [3.05, 3.63) is 71.3 Å². The maximum Gasteiger partial charge on any atom is 0.259 e. The van der Waals surface area contributed by atoms with Gasteiger partial charge in [0.05, 0.1) is 12.1 Å². The number of halogens is 2. The fourth-order valence-electron chi connectivity index (χ4n) is 2.11. The van der Waals surface area contributed by atoms with E-state index in [0.717, 1.165) is 11.8 Å². The summed E-state index contributed by atoms with van der Waals surface area (Å²) in [5, 5.41) is 6.60. The number of hydrogen-bond donors (Lipinski definition) is 1. The quantitative estimate of drug-likeness (QED) is 0.747. The second-order valence-corrected chi connectivity index (χ2v) is 5.18. The molecule has 0 aliphatic carbocycles. The van der Waals surface area contributed by atoms with Crippen molar-refractivity contribution in [3.8, 4) is 0 Å². The van der Waals surface area contributed by atoms with Crippen molar-refractivity contribution >= 4 is 11.9 Å². The Bertz CT molecular complexity index is 894. The second kappa shape index (κ2) is 6.53. The predicted molar refractivity (Wildman–Crippen MR) is 82.4 cm³/mol. The molecule has 0 fully saturated rings. The van der Waals surface area contributed by atoms with E-state index >= 15 is 0 Å². The van der Waals surface area contributed by atoms with Gasteiger partial charge in [0.2, 0.25) is 11.9 Å². The predicted octanol–water partition coefficient (Wildman–Crippen LogP) is 2.56. The molecule has 0 bridgehead atoms. The molecule has 1 aromatic carbocycles. The molecule has 0 atom stereocenters. The maximum absolute atomic E-state index is 13.2. The number of aromatic nitrogens is 4. The molecule has 0 spiro atoms. The summed E-state index contributed by atoms with van der Waals surface area (Å²) in [5.74, 6) is -1.35. The van der Waals surface area contributed by atoms with Gasteiger partial charge in [-0.3, -0.25) is 10.1 Å². The largest absolute Gasteiger partial charge is 0.289 e. The van der Waals surface area contributed by atoms with E-state index in [-0.39, 0.29) is 22.9 Å². The van der Waals surface area contributed by atoms with Gasteiger partial charge in [0, 0.05) is 11.8 Å². The SMILES string of the molecule is Cc1cc(C(=O)Nc2ncn(Cc3cccc(F)c3)n2)cnc1F. The van der Waals surface area contributed by atoms with Crippen molar-refractivity contribution in [2.24, 2.45) is 0 Å². The first-order valence-corrected chi connectivity index (χ1v) is 7.08. The molecule has 3 rings (SSSR count). The van der Waals surface area contributed by atoms with Crippen LogP contribution >= 0.6 is 0 Å². The molecular weight excluding hydrogens is 316 g/mol. The molecule has 1 amide bonds. The molecule has 0 unspecified atom stereocenters. The van der Waals surface area contributed by atoms with Crippen molar-refractivity contribution in [3.63, 3.8) is 0 Å². The van der Waals surface area contributed by atoms with Gasteiger partial charge in [-0.15, -0.1) is 5.10 Å². The van der Waals surface area contributed by atoms with Gasteiger partial charge < -0.3 is 0 Å². The van der Waals surface area contributed by atoms with Gasteiger partial charge in [-0.2, -0.15) is 4.39 Å². The van der Waals surface area contributed by atoms with Gasteiger partial charge >= 0.3 is 0 Å². The first-order valence-electron chi connectivity index (χ1n) is 7.08. The Morgan fingerprint density at radius 3 is 2.83 bits per heavy atom. The molecule has 3 aromatic rings. The molecule has 2 aromatic heterocycles. The van der Waals surface area contributed by atoms with Crippen LogP contribution in [0.4, 0.5) is 14.7 Å². The van der Waals surface area contributed by atoms with E-state index < -0.39 is 11.9 Å². The fraction of sp³-hybridized carbons (Fsp3) is 0.125. The van der Waals surface area contributed by atoms with Crippen LogP contribution in [-0.2, 0) is 6.54 Å². The molecule has 24 heavy (non-hydrogen) atoms. The van der Waals surface area contributed by atoms with E-state index in [0.29, 0.717) is 6.54 Å². The minimum absolute atomic E-state index is 0.0957. The van der Waals surface area contributed by atoms with E-state index in [1.807, 2.05) is 0 Å². The molecule has 0 saturated heterocycles. The smallest absolute Gasteiger partial charge is 0.259 e. The zero-order valence-corrected chi connectivity index (χ0v) is 12.7. The van der Waals surface area contributed by atoms with Crippen LogP contribution in [0.25, 0.3) is 0 Å². The molecule has 2 heterocycles. The highest BCUT2D eigenvalue weighted by Crippen LogP contribution is 2.09.